The van der Waals surface area contributed by atoms with Crippen LogP contribution in [0.3, 0.4) is 0 Å². The molecule has 1 amide bonds. The van der Waals surface area contributed by atoms with Crippen molar-refractivity contribution in [1.29, 1.82) is 0 Å². The van der Waals surface area contributed by atoms with Crippen LogP contribution in [0, 0.1) is 5.41 Å². The van der Waals surface area contributed by atoms with Gasteiger partial charge in [-0.2, -0.15) is 0 Å². The van der Waals surface area contributed by atoms with Crippen molar-refractivity contribution in [1.82, 2.24) is 9.80 Å². The summed E-state index contributed by atoms with van der Waals surface area (Å²) in [6.07, 6.45) is 6.80. The van der Waals surface area contributed by atoms with E-state index in [0.717, 1.165) is 45.1 Å². The van der Waals surface area contributed by atoms with Gasteiger partial charge in [0.2, 0.25) is 5.91 Å². The highest BCUT2D eigenvalue weighted by Crippen LogP contribution is 2.55. The summed E-state index contributed by atoms with van der Waals surface area (Å²) in [7, 11) is 4.45. The third kappa shape index (κ3) is 3.73. The van der Waals surface area contributed by atoms with E-state index in [9.17, 15) is 4.79 Å². The fraction of sp³-hybridized carbons (Fsp3) is 0.516. The Labute approximate surface area is 205 Å². The Morgan fingerprint density at radius 2 is 1.59 bits per heavy atom. The quantitative estimate of drug-likeness (QED) is 0.531. The van der Waals surface area contributed by atoms with Crippen molar-refractivity contribution in [2.45, 2.75) is 76.8 Å². The second-order valence-electron chi connectivity index (χ2n) is 12.1. The molecule has 0 saturated heterocycles. The third-order valence-corrected chi connectivity index (χ3v) is 8.79. The molecular formula is C31H40N2O. The van der Waals surface area contributed by atoms with E-state index in [4.69, 9.17) is 0 Å². The first kappa shape index (κ1) is 23.4. The van der Waals surface area contributed by atoms with E-state index in [1.165, 1.54) is 22.3 Å². The van der Waals surface area contributed by atoms with Crippen LogP contribution in [0.15, 0.2) is 60.2 Å². The van der Waals surface area contributed by atoms with Crippen LogP contribution in [0.5, 0.6) is 0 Å². The molecule has 5 rings (SSSR count). The van der Waals surface area contributed by atoms with Crippen molar-refractivity contribution >= 4 is 11.5 Å². The highest BCUT2D eigenvalue weighted by atomic mass is 16.2. The zero-order valence-corrected chi connectivity index (χ0v) is 21.7. The molecule has 2 aromatic carbocycles. The highest BCUT2D eigenvalue weighted by Gasteiger charge is 2.53. The van der Waals surface area contributed by atoms with E-state index in [1.54, 1.807) is 5.57 Å². The number of hydrogen-bond donors (Lipinski definition) is 0. The molecule has 1 spiro atoms. The smallest absolute Gasteiger partial charge is 0.223 e. The molecule has 0 N–H and O–H groups in total. The van der Waals surface area contributed by atoms with Gasteiger partial charge in [0.25, 0.3) is 0 Å². The summed E-state index contributed by atoms with van der Waals surface area (Å²) < 4.78 is 0. The van der Waals surface area contributed by atoms with E-state index in [2.05, 4.69) is 99.3 Å². The van der Waals surface area contributed by atoms with E-state index >= 15 is 0 Å². The molecule has 3 aliphatic rings. The summed E-state index contributed by atoms with van der Waals surface area (Å²) >= 11 is 0. The van der Waals surface area contributed by atoms with Crippen molar-refractivity contribution in [2.75, 3.05) is 20.6 Å². The Hall–Kier alpha value is -2.39. The third-order valence-electron chi connectivity index (χ3n) is 8.79. The van der Waals surface area contributed by atoms with Crippen molar-refractivity contribution in [3.63, 3.8) is 0 Å². The normalized spacial score (nSPS) is 26.7. The molecule has 3 nitrogen and oxygen atoms in total. The molecule has 2 aliphatic carbocycles. The summed E-state index contributed by atoms with van der Waals surface area (Å²) in [6.45, 7) is 7.41. The second kappa shape index (κ2) is 8.37. The molecular weight excluding hydrogens is 416 g/mol. The van der Waals surface area contributed by atoms with Gasteiger partial charge in [-0.25, -0.2) is 0 Å². The predicted molar refractivity (Wildman–Crippen MR) is 140 cm³/mol. The first-order chi connectivity index (χ1) is 16.2. The average molecular weight is 457 g/mol. The summed E-state index contributed by atoms with van der Waals surface area (Å²) in [5, 5.41) is 0. The number of carbonyl (C=O) groups is 1. The number of benzene rings is 2. The van der Waals surface area contributed by atoms with Crippen molar-refractivity contribution in [2.24, 2.45) is 5.41 Å². The lowest BCUT2D eigenvalue weighted by molar-refractivity contribution is -0.141. The van der Waals surface area contributed by atoms with Crippen LogP contribution in [0.1, 0.15) is 76.0 Å². The lowest BCUT2D eigenvalue weighted by Crippen LogP contribution is -2.60. The van der Waals surface area contributed by atoms with E-state index in [1.807, 2.05) is 0 Å². The molecule has 0 bridgehead atoms. The van der Waals surface area contributed by atoms with Gasteiger partial charge in [-0.3, -0.25) is 9.69 Å². The summed E-state index contributed by atoms with van der Waals surface area (Å²) in [5.41, 5.74) is 7.24. The first-order valence-electron chi connectivity index (χ1n) is 13.0. The van der Waals surface area contributed by atoms with Crippen molar-refractivity contribution in [3.8, 4) is 0 Å². The molecule has 0 aromatic heterocycles. The van der Waals surface area contributed by atoms with Crippen LogP contribution in [-0.4, -0.2) is 41.9 Å². The van der Waals surface area contributed by atoms with Gasteiger partial charge in [-0.15, -0.1) is 0 Å². The number of carbonyl (C=O) groups excluding carboxylic acids is 1. The molecule has 0 atom stereocenters. The minimum Gasteiger partial charge on any atom is -0.333 e. The monoisotopic (exact) mass is 456 g/mol. The number of amides is 1. The second-order valence-corrected chi connectivity index (χ2v) is 12.1. The zero-order chi connectivity index (χ0) is 24.1. The molecule has 34 heavy (non-hydrogen) atoms. The fourth-order valence-corrected chi connectivity index (χ4v) is 7.06. The predicted octanol–water partition coefficient (Wildman–Crippen LogP) is 6.43. The van der Waals surface area contributed by atoms with Crippen molar-refractivity contribution in [3.05, 3.63) is 76.9 Å². The van der Waals surface area contributed by atoms with Gasteiger partial charge >= 0.3 is 0 Å². The van der Waals surface area contributed by atoms with Crippen LogP contribution in [0.25, 0.3) is 5.57 Å². The maximum Gasteiger partial charge on any atom is 0.223 e. The van der Waals surface area contributed by atoms with Crippen LogP contribution in [0.2, 0.25) is 0 Å². The zero-order valence-electron chi connectivity index (χ0n) is 21.7. The summed E-state index contributed by atoms with van der Waals surface area (Å²) in [6, 6.07) is 19.9. The number of hydrogen-bond acceptors (Lipinski definition) is 2. The van der Waals surface area contributed by atoms with Crippen LogP contribution in [-0.2, 0) is 16.8 Å². The van der Waals surface area contributed by atoms with Gasteiger partial charge in [0.15, 0.2) is 0 Å². The largest absolute Gasteiger partial charge is 0.333 e. The first-order valence-corrected chi connectivity index (χ1v) is 13.0. The van der Waals surface area contributed by atoms with Crippen LogP contribution in [0.4, 0.5) is 0 Å². The van der Waals surface area contributed by atoms with Gasteiger partial charge in [0.05, 0.1) is 5.54 Å². The topological polar surface area (TPSA) is 23.6 Å². The summed E-state index contributed by atoms with van der Waals surface area (Å²) in [4.78, 5) is 18.6. The molecule has 3 heteroatoms. The molecule has 1 saturated carbocycles. The van der Waals surface area contributed by atoms with Gasteiger partial charge in [-0.1, -0.05) is 75.4 Å². The van der Waals surface area contributed by atoms with Crippen LogP contribution < -0.4 is 0 Å². The fourth-order valence-electron chi connectivity index (χ4n) is 7.06. The highest BCUT2D eigenvalue weighted by molar-refractivity contribution is 5.84. The van der Waals surface area contributed by atoms with Gasteiger partial charge in [0, 0.05) is 18.5 Å². The number of nitrogens with zero attached hydrogens (tertiary/aromatic N) is 2. The Bertz CT molecular complexity index is 1100. The molecule has 1 aliphatic heterocycles. The average Bonchev–Trinajstić information content (AvgIpc) is 3.19. The van der Waals surface area contributed by atoms with Crippen molar-refractivity contribution < 1.29 is 4.79 Å². The maximum absolute atomic E-state index is 13.8. The Morgan fingerprint density at radius 1 is 0.941 bits per heavy atom. The van der Waals surface area contributed by atoms with Gasteiger partial charge < -0.3 is 4.90 Å². The van der Waals surface area contributed by atoms with E-state index in [-0.39, 0.29) is 16.5 Å². The molecule has 2 aromatic rings. The number of fused-ring (bicyclic) bond motifs is 3. The minimum atomic E-state index is -0.150. The Morgan fingerprint density at radius 3 is 2.24 bits per heavy atom. The van der Waals surface area contributed by atoms with E-state index in [0.29, 0.717) is 12.3 Å². The Balaban J connectivity index is 1.55. The SMILES string of the molecule is CN(C)C1(c2ccccc2)CCC2(CC1)C1=C(CCN2C(=O)CC(C)(C)C)c2ccccc2C1. The van der Waals surface area contributed by atoms with E-state index < -0.39 is 0 Å². The lowest BCUT2D eigenvalue weighted by atomic mass is 9.63. The van der Waals surface area contributed by atoms with Gasteiger partial charge in [-0.05, 0) is 85.9 Å². The summed E-state index contributed by atoms with van der Waals surface area (Å²) in [5.74, 6) is 0.340. The molecule has 0 radical (unpaired) electrons. The molecule has 1 heterocycles. The lowest BCUT2D eigenvalue weighted by Gasteiger charge is -2.56. The van der Waals surface area contributed by atoms with Gasteiger partial charge in [0.1, 0.15) is 0 Å². The molecule has 0 unspecified atom stereocenters. The molecule has 1 fully saturated rings. The molecule has 180 valence electrons. The Kier molecular flexibility index (Phi) is 5.75. The van der Waals surface area contributed by atoms with Crippen LogP contribution >= 0.6 is 0 Å². The maximum atomic E-state index is 13.8. The number of rotatable bonds is 3. The minimum absolute atomic E-state index is 0.00231. The standard InChI is InChI=1S/C31H40N2O/c1-29(2,3)22-28(34)33-20-15-26-25-14-10-9-11-23(25)21-27(26)31(33)18-16-30(17-19-31,32(4)5)24-12-7-6-8-13-24/h6-14H,15-22H2,1-5H3.